The highest BCUT2D eigenvalue weighted by molar-refractivity contribution is 6.22. The van der Waals surface area contributed by atoms with Crippen molar-refractivity contribution in [3.05, 3.63) is 35.4 Å². The topological polar surface area (TPSA) is 113 Å². The Hall–Kier alpha value is -2.90. The molecule has 1 heterocycles. The lowest BCUT2D eigenvalue weighted by Gasteiger charge is -2.28. The standard InChI is InChI=1S/C18H22N2O6/c1-10(9-19-17(25)26-18(2,3)4)13(16(23)24)20-14(21)11-7-5-6-8-12(11)15(20)22/h5-8,10,13H,9H2,1-4H3,(H,19,25)(H,23,24)/t10?,13-/m0/s1. The summed E-state index contributed by atoms with van der Waals surface area (Å²) in [6, 6.07) is 4.78. The van der Waals surface area contributed by atoms with Crippen molar-refractivity contribution < 1.29 is 29.0 Å². The van der Waals surface area contributed by atoms with Gasteiger partial charge in [-0.05, 0) is 32.9 Å². The van der Waals surface area contributed by atoms with E-state index in [9.17, 15) is 24.3 Å². The predicted octanol–water partition coefficient (Wildman–Crippen LogP) is 1.90. The summed E-state index contributed by atoms with van der Waals surface area (Å²) in [7, 11) is 0. The van der Waals surface area contributed by atoms with Gasteiger partial charge in [0.05, 0.1) is 11.1 Å². The van der Waals surface area contributed by atoms with Crippen LogP contribution in [0.5, 0.6) is 0 Å². The van der Waals surface area contributed by atoms with Gasteiger partial charge in [0.1, 0.15) is 11.6 Å². The first-order valence-electron chi connectivity index (χ1n) is 8.19. The van der Waals surface area contributed by atoms with Gasteiger partial charge in [-0.25, -0.2) is 9.59 Å². The molecule has 0 fully saturated rings. The van der Waals surface area contributed by atoms with Crippen LogP contribution in [-0.4, -0.2) is 52.1 Å². The van der Waals surface area contributed by atoms with Crippen molar-refractivity contribution in [3.8, 4) is 0 Å². The number of alkyl carbamates (subject to hydrolysis) is 1. The summed E-state index contributed by atoms with van der Waals surface area (Å²) in [5.74, 6) is -3.34. The molecule has 2 rings (SSSR count). The highest BCUT2D eigenvalue weighted by Gasteiger charge is 2.45. The first kappa shape index (κ1) is 19.4. The number of ether oxygens (including phenoxy) is 1. The summed E-state index contributed by atoms with van der Waals surface area (Å²) in [6.07, 6.45) is -0.698. The second-order valence-electron chi connectivity index (χ2n) is 7.17. The number of imide groups is 1. The average molecular weight is 362 g/mol. The smallest absolute Gasteiger partial charge is 0.407 e. The minimum absolute atomic E-state index is 0.0702. The number of rotatable bonds is 5. The van der Waals surface area contributed by atoms with E-state index in [0.29, 0.717) is 0 Å². The van der Waals surface area contributed by atoms with Gasteiger partial charge in [-0.15, -0.1) is 0 Å². The van der Waals surface area contributed by atoms with E-state index in [-0.39, 0.29) is 17.7 Å². The first-order chi connectivity index (χ1) is 12.0. The fourth-order valence-corrected chi connectivity index (χ4v) is 2.74. The minimum atomic E-state index is -1.41. The van der Waals surface area contributed by atoms with Crippen molar-refractivity contribution in [2.24, 2.45) is 5.92 Å². The number of nitrogens with one attached hydrogen (secondary N) is 1. The van der Waals surface area contributed by atoms with Gasteiger partial charge < -0.3 is 15.2 Å². The van der Waals surface area contributed by atoms with Crippen LogP contribution in [0.15, 0.2) is 24.3 Å². The fraction of sp³-hybridized carbons (Fsp3) is 0.444. The number of aliphatic carboxylic acids is 1. The van der Waals surface area contributed by atoms with E-state index in [1.807, 2.05) is 0 Å². The molecular formula is C18H22N2O6. The van der Waals surface area contributed by atoms with Gasteiger partial charge in [-0.1, -0.05) is 19.1 Å². The highest BCUT2D eigenvalue weighted by atomic mass is 16.6. The molecule has 0 aliphatic carbocycles. The summed E-state index contributed by atoms with van der Waals surface area (Å²) >= 11 is 0. The predicted molar refractivity (Wildman–Crippen MR) is 91.8 cm³/mol. The fourth-order valence-electron chi connectivity index (χ4n) is 2.74. The number of fused-ring (bicyclic) bond motifs is 1. The Balaban J connectivity index is 2.15. The van der Waals surface area contributed by atoms with Gasteiger partial charge in [0.2, 0.25) is 0 Å². The number of carbonyl (C=O) groups excluding carboxylic acids is 3. The second kappa shape index (κ2) is 7.15. The number of hydrogen-bond donors (Lipinski definition) is 2. The molecule has 0 saturated heterocycles. The van der Waals surface area contributed by atoms with Crippen molar-refractivity contribution in [3.63, 3.8) is 0 Å². The lowest BCUT2D eigenvalue weighted by Crippen LogP contribution is -2.51. The second-order valence-corrected chi connectivity index (χ2v) is 7.17. The van der Waals surface area contributed by atoms with Crippen molar-refractivity contribution in [1.82, 2.24) is 10.2 Å². The molecular weight excluding hydrogens is 340 g/mol. The molecule has 8 heteroatoms. The molecule has 2 atom stereocenters. The number of benzene rings is 1. The molecule has 2 N–H and O–H groups in total. The third kappa shape index (κ3) is 4.01. The number of hydrogen-bond acceptors (Lipinski definition) is 5. The quantitative estimate of drug-likeness (QED) is 0.774. The van der Waals surface area contributed by atoms with E-state index in [4.69, 9.17) is 4.74 Å². The zero-order valence-corrected chi connectivity index (χ0v) is 15.1. The zero-order chi connectivity index (χ0) is 19.6. The Morgan fingerprint density at radius 2 is 1.65 bits per heavy atom. The van der Waals surface area contributed by atoms with Crippen LogP contribution in [0.3, 0.4) is 0 Å². The molecule has 0 spiro atoms. The van der Waals surface area contributed by atoms with E-state index in [2.05, 4.69) is 5.32 Å². The van der Waals surface area contributed by atoms with E-state index in [1.54, 1.807) is 39.8 Å². The van der Waals surface area contributed by atoms with Crippen molar-refractivity contribution in [1.29, 1.82) is 0 Å². The van der Waals surface area contributed by atoms with Crippen molar-refractivity contribution in [2.45, 2.75) is 39.3 Å². The lowest BCUT2D eigenvalue weighted by molar-refractivity contribution is -0.143. The average Bonchev–Trinajstić information content (AvgIpc) is 2.77. The monoisotopic (exact) mass is 362 g/mol. The van der Waals surface area contributed by atoms with Crippen LogP contribution in [0.4, 0.5) is 4.79 Å². The molecule has 8 nitrogen and oxygen atoms in total. The molecule has 1 aromatic carbocycles. The molecule has 0 aromatic heterocycles. The maximum absolute atomic E-state index is 12.5. The zero-order valence-electron chi connectivity index (χ0n) is 15.1. The van der Waals surface area contributed by atoms with Gasteiger partial charge in [-0.2, -0.15) is 0 Å². The maximum Gasteiger partial charge on any atom is 0.407 e. The van der Waals surface area contributed by atoms with Crippen LogP contribution in [-0.2, 0) is 9.53 Å². The van der Waals surface area contributed by atoms with Gasteiger partial charge in [0.25, 0.3) is 11.8 Å². The van der Waals surface area contributed by atoms with Crippen molar-refractivity contribution >= 4 is 23.9 Å². The van der Waals surface area contributed by atoms with Crippen LogP contribution in [0.1, 0.15) is 48.4 Å². The Morgan fingerprint density at radius 3 is 2.08 bits per heavy atom. The van der Waals surface area contributed by atoms with Gasteiger partial charge in [0, 0.05) is 12.5 Å². The first-order valence-corrected chi connectivity index (χ1v) is 8.19. The summed E-state index contributed by atoms with van der Waals surface area (Å²) < 4.78 is 5.10. The van der Waals surface area contributed by atoms with Gasteiger partial charge >= 0.3 is 12.1 Å². The van der Waals surface area contributed by atoms with E-state index >= 15 is 0 Å². The third-order valence-electron chi connectivity index (χ3n) is 3.86. The minimum Gasteiger partial charge on any atom is -0.480 e. The molecule has 1 aromatic rings. The summed E-state index contributed by atoms with van der Waals surface area (Å²) in [5, 5.41) is 12.1. The van der Waals surface area contributed by atoms with Crippen LogP contribution in [0.25, 0.3) is 0 Å². The van der Waals surface area contributed by atoms with Crippen LogP contribution >= 0.6 is 0 Å². The molecule has 0 saturated carbocycles. The molecule has 0 bridgehead atoms. The molecule has 1 unspecified atom stereocenters. The Labute approximate surface area is 151 Å². The number of nitrogens with zero attached hydrogens (tertiary/aromatic N) is 1. The summed E-state index contributed by atoms with van der Waals surface area (Å²) in [5.41, 5.74) is -0.339. The Bertz CT molecular complexity index is 717. The largest absolute Gasteiger partial charge is 0.480 e. The van der Waals surface area contributed by atoms with E-state index < -0.39 is 41.4 Å². The number of carboxylic acids is 1. The SMILES string of the molecule is CC(CNC(=O)OC(C)(C)C)[C@@H](C(=O)O)N1C(=O)c2ccccc2C1=O. The Kier molecular flexibility index (Phi) is 5.34. The Morgan fingerprint density at radius 1 is 1.15 bits per heavy atom. The number of carboxylic acid groups (broad SMARTS) is 1. The molecule has 1 aliphatic rings. The molecule has 1 aliphatic heterocycles. The highest BCUT2D eigenvalue weighted by Crippen LogP contribution is 2.27. The molecule has 3 amide bonds. The van der Waals surface area contributed by atoms with Crippen LogP contribution in [0.2, 0.25) is 0 Å². The van der Waals surface area contributed by atoms with E-state index in [1.165, 1.54) is 12.1 Å². The number of carbonyl (C=O) groups is 4. The lowest BCUT2D eigenvalue weighted by atomic mass is 10.0. The maximum atomic E-state index is 12.5. The molecule has 140 valence electrons. The van der Waals surface area contributed by atoms with Gasteiger partial charge in [-0.3, -0.25) is 14.5 Å². The van der Waals surface area contributed by atoms with Crippen molar-refractivity contribution in [2.75, 3.05) is 6.54 Å². The number of amides is 3. The normalized spacial score (nSPS) is 16.1. The van der Waals surface area contributed by atoms with Crippen LogP contribution in [0, 0.1) is 5.92 Å². The molecule has 26 heavy (non-hydrogen) atoms. The molecule has 0 radical (unpaired) electrons. The van der Waals surface area contributed by atoms with E-state index in [0.717, 1.165) is 4.90 Å². The summed E-state index contributed by atoms with van der Waals surface area (Å²) in [6.45, 7) is 6.58. The van der Waals surface area contributed by atoms with Gasteiger partial charge in [0.15, 0.2) is 0 Å². The summed E-state index contributed by atoms with van der Waals surface area (Å²) in [4.78, 5) is 49.3. The van der Waals surface area contributed by atoms with Crippen LogP contribution < -0.4 is 5.32 Å². The third-order valence-corrected chi connectivity index (χ3v) is 3.86.